The van der Waals surface area contributed by atoms with Crippen molar-refractivity contribution in [1.82, 2.24) is 0 Å². The molecule has 0 saturated carbocycles. The summed E-state index contributed by atoms with van der Waals surface area (Å²) >= 11 is 0. The lowest BCUT2D eigenvalue weighted by Crippen LogP contribution is -3.19. The van der Waals surface area contributed by atoms with Gasteiger partial charge in [-0.1, -0.05) is 36.4 Å². The Balaban J connectivity index is 1.77. The average molecular weight is 326 g/mol. The van der Waals surface area contributed by atoms with Gasteiger partial charge in [-0.25, -0.2) is 0 Å². The molecule has 3 rings (SSSR count). The average Bonchev–Trinajstić information content (AvgIpc) is 2.62. The molecule has 0 fully saturated rings. The molecule has 1 unspecified atom stereocenters. The molecule has 0 spiro atoms. The summed E-state index contributed by atoms with van der Waals surface area (Å²) in [5, 5.41) is 0. The summed E-state index contributed by atoms with van der Waals surface area (Å²) < 4.78 is 6.11. The van der Waals surface area contributed by atoms with Gasteiger partial charge < -0.3 is 14.5 Å². The molecule has 0 aromatic heterocycles. The number of ether oxygens (including phenoxy) is 1. The molecule has 3 nitrogen and oxygen atoms in total. The second-order valence-corrected chi connectivity index (χ2v) is 6.85. The molecule has 2 aromatic carbocycles. The van der Waals surface area contributed by atoms with Gasteiger partial charge in [0.25, 0.3) is 0 Å². The molecule has 1 aliphatic heterocycles. The van der Waals surface area contributed by atoms with Crippen LogP contribution in [0, 0.1) is 0 Å². The van der Waals surface area contributed by atoms with Crippen molar-refractivity contribution in [2.75, 3.05) is 39.8 Å². The van der Waals surface area contributed by atoms with Crippen molar-refractivity contribution in [3.63, 3.8) is 0 Å². The Morgan fingerprint density at radius 2 is 1.38 bits per heavy atom. The molecular formula is C21H30N2O+2. The van der Waals surface area contributed by atoms with E-state index in [9.17, 15) is 0 Å². The SMILES string of the molecule is CC[NH+](CC)CC[NH+](C)CC1c2ccccc2Oc2ccccc21. The summed E-state index contributed by atoms with van der Waals surface area (Å²) in [7, 11) is 2.32. The minimum Gasteiger partial charge on any atom is -0.457 e. The monoisotopic (exact) mass is 326 g/mol. The van der Waals surface area contributed by atoms with E-state index in [1.54, 1.807) is 9.80 Å². The van der Waals surface area contributed by atoms with Gasteiger partial charge in [0.2, 0.25) is 0 Å². The Morgan fingerprint density at radius 1 is 0.833 bits per heavy atom. The summed E-state index contributed by atoms with van der Waals surface area (Å²) in [4.78, 5) is 3.27. The van der Waals surface area contributed by atoms with Gasteiger partial charge >= 0.3 is 0 Å². The molecule has 1 heterocycles. The fourth-order valence-corrected chi connectivity index (χ4v) is 3.67. The van der Waals surface area contributed by atoms with Crippen molar-refractivity contribution < 1.29 is 14.5 Å². The van der Waals surface area contributed by atoms with E-state index in [0.29, 0.717) is 5.92 Å². The third kappa shape index (κ3) is 3.63. The van der Waals surface area contributed by atoms with Crippen molar-refractivity contribution in [2.24, 2.45) is 0 Å². The van der Waals surface area contributed by atoms with Crippen molar-refractivity contribution in [2.45, 2.75) is 19.8 Å². The lowest BCUT2D eigenvalue weighted by atomic mass is 9.87. The number of rotatable bonds is 7. The van der Waals surface area contributed by atoms with Gasteiger partial charge in [-0.05, 0) is 26.0 Å². The summed E-state index contributed by atoms with van der Waals surface area (Å²) in [6, 6.07) is 17.0. The molecule has 0 radical (unpaired) electrons. The predicted molar refractivity (Wildman–Crippen MR) is 98.3 cm³/mol. The van der Waals surface area contributed by atoms with Gasteiger partial charge in [0.05, 0.1) is 32.6 Å². The summed E-state index contributed by atoms with van der Waals surface area (Å²) in [6.45, 7) is 10.5. The second-order valence-electron chi connectivity index (χ2n) is 6.85. The number of benzene rings is 2. The second kappa shape index (κ2) is 7.82. The molecule has 0 aliphatic carbocycles. The molecule has 1 atom stereocenters. The van der Waals surface area contributed by atoms with Crippen LogP contribution in [0.4, 0.5) is 0 Å². The van der Waals surface area contributed by atoms with Crippen LogP contribution >= 0.6 is 0 Å². The van der Waals surface area contributed by atoms with Gasteiger partial charge in [-0.15, -0.1) is 0 Å². The fourth-order valence-electron chi connectivity index (χ4n) is 3.67. The number of likely N-dealkylation sites (N-methyl/N-ethyl adjacent to an activating group) is 2. The largest absolute Gasteiger partial charge is 0.457 e. The van der Waals surface area contributed by atoms with E-state index >= 15 is 0 Å². The van der Waals surface area contributed by atoms with E-state index in [2.05, 4.69) is 69.4 Å². The number of nitrogens with one attached hydrogen (secondary N) is 2. The molecule has 24 heavy (non-hydrogen) atoms. The highest BCUT2D eigenvalue weighted by molar-refractivity contribution is 5.53. The standard InChI is InChI=1S/C21H28N2O/c1-4-23(5-2)15-14-22(3)16-19-17-10-6-8-12-20(17)24-21-13-9-7-11-18(19)21/h6-13,19H,4-5,14-16H2,1-3H3/p+2. The topological polar surface area (TPSA) is 18.1 Å². The van der Waals surface area contributed by atoms with Gasteiger partial charge in [0.1, 0.15) is 24.6 Å². The molecule has 128 valence electrons. The first-order valence-electron chi connectivity index (χ1n) is 9.23. The number of quaternary nitrogens is 2. The van der Waals surface area contributed by atoms with Crippen LogP contribution in [0.3, 0.4) is 0 Å². The Kier molecular flexibility index (Phi) is 5.54. The minimum absolute atomic E-state index is 0.415. The Labute approximate surface area is 145 Å². The molecule has 0 bridgehead atoms. The van der Waals surface area contributed by atoms with Crippen LogP contribution in [0.5, 0.6) is 11.5 Å². The van der Waals surface area contributed by atoms with Crippen molar-refractivity contribution in [3.8, 4) is 11.5 Å². The quantitative estimate of drug-likeness (QED) is 0.786. The van der Waals surface area contributed by atoms with Crippen LogP contribution in [0.2, 0.25) is 0 Å². The van der Waals surface area contributed by atoms with E-state index in [1.165, 1.54) is 37.3 Å². The molecule has 2 N–H and O–H groups in total. The first kappa shape index (κ1) is 17.0. The molecular weight excluding hydrogens is 296 g/mol. The van der Waals surface area contributed by atoms with Crippen LogP contribution in [-0.4, -0.2) is 39.8 Å². The Morgan fingerprint density at radius 3 is 1.92 bits per heavy atom. The van der Waals surface area contributed by atoms with Crippen LogP contribution in [-0.2, 0) is 0 Å². The van der Waals surface area contributed by atoms with Crippen molar-refractivity contribution in [3.05, 3.63) is 59.7 Å². The molecule has 1 aliphatic rings. The van der Waals surface area contributed by atoms with Crippen LogP contribution in [0.25, 0.3) is 0 Å². The van der Waals surface area contributed by atoms with Gasteiger partial charge in [-0.2, -0.15) is 0 Å². The van der Waals surface area contributed by atoms with Crippen LogP contribution in [0.1, 0.15) is 30.9 Å². The number of para-hydroxylation sites is 2. The van der Waals surface area contributed by atoms with E-state index in [4.69, 9.17) is 4.74 Å². The highest BCUT2D eigenvalue weighted by Crippen LogP contribution is 2.43. The van der Waals surface area contributed by atoms with E-state index in [0.717, 1.165) is 18.0 Å². The minimum atomic E-state index is 0.415. The Hall–Kier alpha value is -1.84. The van der Waals surface area contributed by atoms with Gasteiger partial charge in [0.15, 0.2) is 0 Å². The summed E-state index contributed by atoms with van der Waals surface area (Å²) in [6.07, 6.45) is 0. The fraction of sp³-hybridized carbons (Fsp3) is 0.429. The predicted octanol–water partition coefficient (Wildman–Crippen LogP) is 1.36. The third-order valence-electron chi connectivity index (χ3n) is 5.27. The van der Waals surface area contributed by atoms with Crippen molar-refractivity contribution in [1.29, 1.82) is 0 Å². The van der Waals surface area contributed by atoms with Gasteiger partial charge in [0, 0.05) is 11.1 Å². The highest BCUT2D eigenvalue weighted by Gasteiger charge is 2.29. The van der Waals surface area contributed by atoms with Crippen LogP contribution < -0.4 is 14.5 Å². The number of fused-ring (bicyclic) bond motifs is 2. The number of hydrogen-bond acceptors (Lipinski definition) is 1. The van der Waals surface area contributed by atoms with Gasteiger partial charge in [-0.3, -0.25) is 0 Å². The molecule has 3 heteroatoms. The first-order valence-corrected chi connectivity index (χ1v) is 9.23. The van der Waals surface area contributed by atoms with Crippen molar-refractivity contribution >= 4 is 0 Å². The first-order chi connectivity index (χ1) is 11.7. The lowest BCUT2D eigenvalue weighted by molar-refractivity contribution is -0.947. The molecule has 0 saturated heterocycles. The van der Waals surface area contributed by atoms with E-state index in [-0.39, 0.29) is 0 Å². The zero-order chi connectivity index (χ0) is 16.9. The third-order valence-corrected chi connectivity index (χ3v) is 5.27. The summed E-state index contributed by atoms with van der Waals surface area (Å²) in [5.74, 6) is 2.45. The molecule has 0 amide bonds. The molecule has 2 aromatic rings. The smallest absolute Gasteiger partial charge is 0.131 e. The lowest BCUT2D eigenvalue weighted by Gasteiger charge is -2.30. The maximum atomic E-state index is 6.11. The Bertz CT molecular complexity index is 621. The number of hydrogen-bond donors (Lipinski definition) is 2. The van der Waals surface area contributed by atoms with E-state index in [1.807, 2.05) is 0 Å². The zero-order valence-electron chi connectivity index (χ0n) is 15.1. The summed E-state index contributed by atoms with van der Waals surface area (Å²) in [5.41, 5.74) is 2.65. The maximum absolute atomic E-state index is 6.11. The maximum Gasteiger partial charge on any atom is 0.131 e. The van der Waals surface area contributed by atoms with E-state index < -0.39 is 0 Å². The zero-order valence-corrected chi connectivity index (χ0v) is 15.1. The van der Waals surface area contributed by atoms with Crippen LogP contribution in [0.15, 0.2) is 48.5 Å². The highest BCUT2D eigenvalue weighted by atomic mass is 16.5. The normalized spacial score (nSPS) is 14.8.